The fourth-order valence-corrected chi connectivity index (χ4v) is 9.19. The van der Waals surface area contributed by atoms with Gasteiger partial charge in [0.1, 0.15) is 0 Å². The van der Waals surface area contributed by atoms with Crippen LogP contribution in [0.15, 0.2) is 255 Å². The molecule has 1 heterocycles. The van der Waals surface area contributed by atoms with Crippen molar-refractivity contribution in [2.24, 2.45) is 0 Å². The Labute approximate surface area is 362 Å². The number of benzene rings is 10. The molecule has 0 aliphatic heterocycles. The normalized spacial score (nSPS) is 11.2. The van der Waals surface area contributed by atoms with E-state index < -0.39 is 0 Å². The van der Waals surface area contributed by atoms with Crippen molar-refractivity contribution in [1.29, 1.82) is 0 Å². The lowest BCUT2D eigenvalue weighted by Crippen LogP contribution is -2.12. The average Bonchev–Trinajstić information content (AvgIpc) is 3.69. The Bertz CT molecular complexity index is 3330. The summed E-state index contributed by atoms with van der Waals surface area (Å²) < 4.78 is 2.38. The molecule has 0 saturated carbocycles. The Hall–Kier alpha value is -8.20. The van der Waals surface area contributed by atoms with Gasteiger partial charge < -0.3 is 9.47 Å². The van der Waals surface area contributed by atoms with Crippen LogP contribution in [0.3, 0.4) is 0 Å². The molecule has 0 aliphatic carbocycles. The Morgan fingerprint density at radius 2 is 0.677 bits per heavy atom. The number of hydrogen-bond acceptors (Lipinski definition) is 1. The molecule has 0 N–H and O–H groups in total. The Balaban J connectivity index is 1.15. The zero-order valence-electron chi connectivity index (χ0n) is 34.1. The van der Waals surface area contributed by atoms with Crippen molar-refractivity contribution in [2.45, 2.75) is 0 Å². The average molecular weight is 791 g/mol. The maximum Gasteiger partial charge on any atom is 0.0542 e. The van der Waals surface area contributed by atoms with Crippen LogP contribution in [0.25, 0.3) is 83.1 Å². The quantitative estimate of drug-likeness (QED) is 0.141. The van der Waals surface area contributed by atoms with Gasteiger partial charge in [-0.2, -0.15) is 0 Å². The number of aromatic nitrogens is 1. The molecule has 292 valence electrons. The van der Waals surface area contributed by atoms with Crippen molar-refractivity contribution >= 4 is 38.9 Å². The number of fused-ring (bicyclic) bond motifs is 3. The van der Waals surface area contributed by atoms with Gasteiger partial charge in [-0.15, -0.1) is 0 Å². The first-order valence-corrected chi connectivity index (χ1v) is 21.3. The molecule has 0 saturated heterocycles. The first kappa shape index (κ1) is 36.8. The molecule has 0 spiro atoms. The lowest BCUT2D eigenvalue weighted by molar-refractivity contribution is 1.18. The number of para-hydroxylation sites is 4. The minimum absolute atomic E-state index is 1.08. The molecule has 0 bridgehead atoms. The predicted molar refractivity (Wildman–Crippen MR) is 263 cm³/mol. The van der Waals surface area contributed by atoms with E-state index in [9.17, 15) is 0 Å². The van der Waals surface area contributed by atoms with Crippen LogP contribution in [0.2, 0.25) is 0 Å². The Kier molecular flexibility index (Phi) is 9.57. The Morgan fingerprint density at radius 3 is 1.35 bits per heavy atom. The lowest BCUT2D eigenvalue weighted by atomic mass is 9.88. The largest absolute Gasteiger partial charge is 0.309 e. The van der Waals surface area contributed by atoms with E-state index in [2.05, 4.69) is 264 Å². The number of nitrogens with zero attached hydrogens (tertiary/aromatic N) is 2. The van der Waals surface area contributed by atoms with Gasteiger partial charge in [-0.25, -0.2) is 0 Å². The third-order valence-corrected chi connectivity index (χ3v) is 12.0. The summed E-state index contributed by atoms with van der Waals surface area (Å²) in [6, 6.07) is 92.1. The molecule has 0 amide bonds. The molecule has 11 aromatic rings. The Morgan fingerprint density at radius 1 is 0.258 bits per heavy atom. The maximum atomic E-state index is 2.48. The van der Waals surface area contributed by atoms with E-state index in [0.29, 0.717) is 0 Å². The van der Waals surface area contributed by atoms with Crippen LogP contribution in [-0.2, 0) is 0 Å². The minimum atomic E-state index is 1.08. The second kappa shape index (κ2) is 16.1. The van der Waals surface area contributed by atoms with Gasteiger partial charge in [0.2, 0.25) is 0 Å². The highest BCUT2D eigenvalue weighted by Crippen LogP contribution is 2.48. The van der Waals surface area contributed by atoms with Crippen molar-refractivity contribution in [3.63, 3.8) is 0 Å². The van der Waals surface area contributed by atoms with E-state index in [1.807, 2.05) is 0 Å². The van der Waals surface area contributed by atoms with Crippen LogP contribution in [0.4, 0.5) is 17.1 Å². The molecule has 0 radical (unpaired) electrons. The summed E-state index contributed by atoms with van der Waals surface area (Å²) in [5.41, 5.74) is 18.6. The molecule has 0 unspecified atom stereocenters. The monoisotopic (exact) mass is 790 g/mol. The second-order valence-electron chi connectivity index (χ2n) is 15.7. The first-order valence-electron chi connectivity index (χ1n) is 21.3. The molecule has 1 aromatic heterocycles. The maximum absolute atomic E-state index is 2.48. The summed E-state index contributed by atoms with van der Waals surface area (Å²) >= 11 is 0. The third-order valence-electron chi connectivity index (χ3n) is 12.0. The van der Waals surface area contributed by atoms with Crippen molar-refractivity contribution in [3.8, 4) is 61.3 Å². The molecule has 0 fully saturated rings. The minimum Gasteiger partial charge on any atom is -0.309 e. The topological polar surface area (TPSA) is 8.17 Å². The van der Waals surface area contributed by atoms with E-state index in [1.54, 1.807) is 0 Å². The van der Waals surface area contributed by atoms with E-state index >= 15 is 0 Å². The molecular weight excluding hydrogens is 749 g/mol. The highest BCUT2D eigenvalue weighted by molar-refractivity contribution is 6.11. The summed E-state index contributed by atoms with van der Waals surface area (Å²) in [4.78, 5) is 2.48. The van der Waals surface area contributed by atoms with Gasteiger partial charge in [-0.05, 0) is 93.0 Å². The third kappa shape index (κ3) is 6.65. The number of hydrogen-bond donors (Lipinski definition) is 0. The van der Waals surface area contributed by atoms with Gasteiger partial charge >= 0.3 is 0 Å². The van der Waals surface area contributed by atoms with Crippen molar-refractivity contribution < 1.29 is 0 Å². The highest BCUT2D eigenvalue weighted by atomic mass is 15.1. The van der Waals surface area contributed by atoms with Crippen LogP contribution in [0.1, 0.15) is 0 Å². The fraction of sp³-hybridized carbons (Fsp3) is 0. The number of anilines is 3. The van der Waals surface area contributed by atoms with Gasteiger partial charge in [0.05, 0.1) is 22.4 Å². The van der Waals surface area contributed by atoms with Gasteiger partial charge in [-0.1, -0.05) is 206 Å². The number of rotatable bonds is 9. The SMILES string of the molecule is c1ccc(-c2ccc(-c3ccccc3N(c3ccc4c(c3)c3ccccc3n4-c3ccccc3)c3ccccc3-c3ccccc3-c3ccccc3-c3ccccc3)cc2)cc1. The van der Waals surface area contributed by atoms with Crippen LogP contribution in [0.5, 0.6) is 0 Å². The highest BCUT2D eigenvalue weighted by Gasteiger charge is 2.24. The van der Waals surface area contributed by atoms with Gasteiger partial charge in [-0.3, -0.25) is 0 Å². The zero-order chi connectivity index (χ0) is 41.2. The smallest absolute Gasteiger partial charge is 0.0542 e. The van der Waals surface area contributed by atoms with Crippen LogP contribution < -0.4 is 4.90 Å². The molecule has 11 rings (SSSR count). The lowest BCUT2D eigenvalue weighted by Gasteiger charge is -2.30. The van der Waals surface area contributed by atoms with Gasteiger partial charge in [0, 0.05) is 33.3 Å². The first-order chi connectivity index (χ1) is 30.8. The summed E-state index contributed by atoms with van der Waals surface area (Å²) in [6.45, 7) is 0. The van der Waals surface area contributed by atoms with E-state index in [4.69, 9.17) is 0 Å². The zero-order valence-corrected chi connectivity index (χ0v) is 34.1. The summed E-state index contributed by atoms with van der Waals surface area (Å²) in [7, 11) is 0. The molecule has 2 nitrogen and oxygen atoms in total. The van der Waals surface area contributed by atoms with Gasteiger partial charge in [0.25, 0.3) is 0 Å². The van der Waals surface area contributed by atoms with Crippen LogP contribution >= 0.6 is 0 Å². The van der Waals surface area contributed by atoms with Crippen LogP contribution in [-0.4, -0.2) is 4.57 Å². The summed E-state index contributed by atoms with van der Waals surface area (Å²) in [5, 5.41) is 2.42. The van der Waals surface area contributed by atoms with Gasteiger partial charge in [0.15, 0.2) is 0 Å². The standard InChI is InChI=1S/C60H42N2/c1-4-20-43(21-5-1)44-36-38-46(39-37-44)50-27-14-17-33-57(50)62(48-40-41-60-56(42-48)55-32-16-19-35-59(55)61(60)47-24-8-3-9-25-47)58-34-18-15-31-54(58)53-30-13-12-29-52(53)51-28-11-10-26-49(51)45-22-6-2-7-23-45/h1-42H. The van der Waals surface area contributed by atoms with Crippen LogP contribution in [0, 0.1) is 0 Å². The van der Waals surface area contributed by atoms with E-state index in [-0.39, 0.29) is 0 Å². The van der Waals surface area contributed by atoms with E-state index in [1.165, 1.54) is 60.8 Å². The summed E-state index contributed by atoms with van der Waals surface area (Å²) in [5.74, 6) is 0. The molecule has 0 aliphatic rings. The van der Waals surface area contributed by atoms with Crippen molar-refractivity contribution in [2.75, 3.05) is 4.90 Å². The van der Waals surface area contributed by atoms with E-state index in [0.717, 1.165) is 39.4 Å². The molecule has 10 aromatic carbocycles. The van der Waals surface area contributed by atoms with Crippen molar-refractivity contribution in [1.82, 2.24) is 4.57 Å². The molecule has 0 atom stereocenters. The predicted octanol–water partition coefficient (Wildman–Crippen LogP) is 16.6. The van der Waals surface area contributed by atoms with Crippen molar-refractivity contribution in [3.05, 3.63) is 255 Å². The molecule has 2 heteroatoms. The fourth-order valence-electron chi connectivity index (χ4n) is 9.19. The summed E-state index contributed by atoms with van der Waals surface area (Å²) in [6.07, 6.45) is 0. The molecule has 62 heavy (non-hydrogen) atoms. The molecular formula is C60H42N2. The second-order valence-corrected chi connectivity index (χ2v) is 15.7.